The fourth-order valence-corrected chi connectivity index (χ4v) is 2.01. The normalized spacial score (nSPS) is 12.2. The monoisotopic (exact) mass is 316 g/mol. The summed E-state index contributed by atoms with van der Waals surface area (Å²) < 4.78 is 0.752. The van der Waals surface area contributed by atoms with Crippen LogP contribution in [0.4, 0.5) is 5.69 Å². The van der Waals surface area contributed by atoms with E-state index < -0.39 is 0 Å². The number of nitrogens with two attached hydrogens (primary N) is 1. The molecular formula is C12H17BrN2OS. The van der Waals surface area contributed by atoms with Gasteiger partial charge in [0.2, 0.25) is 0 Å². The van der Waals surface area contributed by atoms with Crippen molar-refractivity contribution < 1.29 is 4.79 Å². The third-order valence-electron chi connectivity index (χ3n) is 2.50. The Morgan fingerprint density at radius 2 is 2.29 bits per heavy atom. The zero-order valence-electron chi connectivity index (χ0n) is 10.00. The molecule has 1 rings (SSSR count). The van der Waals surface area contributed by atoms with Crippen molar-refractivity contribution in [3.8, 4) is 0 Å². The number of amides is 1. The highest BCUT2D eigenvalue weighted by atomic mass is 79.9. The summed E-state index contributed by atoms with van der Waals surface area (Å²) in [5.74, 6) is -0.0565. The fraction of sp³-hybridized carbons (Fsp3) is 0.417. The number of nitrogens with one attached hydrogen (secondary N) is 1. The SMILES string of the molecule is CSC(C)CCNC(=O)c1ccc(N)c(Br)c1. The van der Waals surface area contributed by atoms with E-state index >= 15 is 0 Å². The predicted molar refractivity (Wildman–Crippen MR) is 78.5 cm³/mol. The van der Waals surface area contributed by atoms with Crippen LogP contribution in [0.5, 0.6) is 0 Å². The van der Waals surface area contributed by atoms with E-state index in [0.29, 0.717) is 23.0 Å². The van der Waals surface area contributed by atoms with Gasteiger partial charge in [0.1, 0.15) is 0 Å². The highest BCUT2D eigenvalue weighted by Crippen LogP contribution is 2.20. The number of nitrogen functional groups attached to an aromatic ring is 1. The molecule has 0 saturated heterocycles. The van der Waals surface area contributed by atoms with Crippen LogP contribution in [0.15, 0.2) is 22.7 Å². The third-order valence-corrected chi connectivity index (χ3v) is 4.23. The first-order valence-corrected chi connectivity index (χ1v) is 7.48. The maximum absolute atomic E-state index is 11.8. The number of hydrogen-bond acceptors (Lipinski definition) is 3. The average molecular weight is 317 g/mol. The van der Waals surface area contributed by atoms with Crippen LogP contribution in [0, 0.1) is 0 Å². The van der Waals surface area contributed by atoms with Gasteiger partial charge < -0.3 is 11.1 Å². The number of carbonyl (C=O) groups is 1. The van der Waals surface area contributed by atoms with Gasteiger partial charge in [-0.3, -0.25) is 4.79 Å². The van der Waals surface area contributed by atoms with Gasteiger partial charge in [-0.25, -0.2) is 0 Å². The largest absolute Gasteiger partial charge is 0.398 e. The minimum Gasteiger partial charge on any atom is -0.398 e. The van der Waals surface area contributed by atoms with Crippen LogP contribution in [0.2, 0.25) is 0 Å². The molecule has 0 bridgehead atoms. The molecule has 1 amide bonds. The van der Waals surface area contributed by atoms with Gasteiger partial charge in [0, 0.05) is 27.5 Å². The van der Waals surface area contributed by atoms with Crippen molar-refractivity contribution in [3.63, 3.8) is 0 Å². The van der Waals surface area contributed by atoms with E-state index in [2.05, 4.69) is 34.4 Å². The van der Waals surface area contributed by atoms with E-state index in [0.717, 1.165) is 10.9 Å². The van der Waals surface area contributed by atoms with E-state index in [9.17, 15) is 4.79 Å². The molecule has 0 heterocycles. The van der Waals surface area contributed by atoms with Crippen molar-refractivity contribution in [2.45, 2.75) is 18.6 Å². The number of carbonyl (C=O) groups excluding carboxylic acids is 1. The minimum absolute atomic E-state index is 0.0565. The van der Waals surface area contributed by atoms with Gasteiger partial charge >= 0.3 is 0 Å². The third kappa shape index (κ3) is 4.60. The first-order chi connectivity index (χ1) is 8.04. The van der Waals surface area contributed by atoms with Crippen molar-refractivity contribution in [1.82, 2.24) is 5.32 Å². The van der Waals surface area contributed by atoms with Gasteiger partial charge in [-0.05, 0) is 46.8 Å². The van der Waals surface area contributed by atoms with Crippen LogP contribution in [-0.4, -0.2) is 24.0 Å². The van der Waals surface area contributed by atoms with Gasteiger partial charge in [-0.2, -0.15) is 11.8 Å². The van der Waals surface area contributed by atoms with E-state index in [-0.39, 0.29) is 5.91 Å². The molecular weight excluding hydrogens is 300 g/mol. The van der Waals surface area contributed by atoms with Gasteiger partial charge in [-0.15, -0.1) is 0 Å². The quantitative estimate of drug-likeness (QED) is 0.821. The summed E-state index contributed by atoms with van der Waals surface area (Å²) >= 11 is 5.11. The maximum Gasteiger partial charge on any atom is 0.251 e. The Morgan fingerprint density at radius 3 is 2.88 bits per heavy atom. The van der Waals surface area contributed by atoms with E-state index in [1.165, 1.54) is 0 Å². The highest BCUT2D eigenvalue weighted by molar-refractivity contribution is 9.10. The number of rotatable bonds is 5. The van der Waals surface area contributed by atoms with E-state index in [1.54, 1.807) is 30.0 Å². The molecule has 0 spiro atoms. The second kappa shape index (κ2) is 6.91. The summed E-state index contributed by atoms with van der Waals surface area (Å²) in [6, 6.07) is 5.19. The molecule has 0 aliphatic rings. The lowest BCUT2D eigenvalue weighted by molar-refractivity contribution is 0.0953. The molecule has 3 nitrogen and oxygen atoms in total. The summed E-state index contributed by atoms with van der Waals surface area (Å²) in [5, 5.41) is 3.46. The number of halogens is 1. The molecule has 0 fully saturated rings. The van der Waals surface area contributed by atoms with Gasteiger partial charge in [0.05, 0.1) is 0 Å². The van der Waals surface area contributed by atoms with E-state index in [1.807, 2.05) is 0 Å². The van der Waals surface area contributed by atoms with Crippen molar-refractivity contribution in [2.24, 2.45) is 0 Å². The number of anilines is 1. The molecule has 0 aliphatic heterocycles. The summed E-state index contributed by atoms with van der Waals surface area (Å²) in [7, 11) is 0. The van der Waals surface area contributed by atoms with E-state index in [4.69, 9.17) is 5.73 Å². The lowest BCUT2D eigenvalue weighted by Crippen LogP contribution is -2.26. The van der Waals surface area contributed by atoms with Crippen molar-refractivity contribution >= 4 is 39.3 Å². The number of thioether (sulfide) groups is 1. The van der Waals surface area contributed by atoms with Gasteiger partial charge in [0.15, 0.2) is 0 Å². The zero-order valence-corrected chi connectivity index (χ0v) is 12.4. The first-order valence-electron chi connectivity index (χ1n) is 5.40. The second-order valence-corrected chi connectivity index (χ2v) is 5.96. The summed E-state index contributed by atoms with van der Waals surface area (Å²) in [5.41, 5.74) is 6.93. The molecule has 17 heavy (non-hydrogen) atoms. The molecule has 0 saturated carbocycles. The first kappa shape index (κ1) is 14.4. The van der Waals surface area contributed by atoms with Gasteiger partial charge in [-0.1, -0.05) is 6.92 Å². The molecule has 1 atom stereocenters. The molecule has 94 valence electrons. The Morgan fingerprint density at radius 1 is 1.59 bits per heavy atom. The Bertz CT molecular complexity index is 398. The summed E-state index contributed by atoms with van der Waals surface area (Å²) in [6.07, 6.45) is 3.05. The van der Waals surface area contributed by atoms with Crippen molar-refractivity contribution in [3.05, 3.63) is 28.2 Å². The Kier molecular flexibility index (Phi) is 5.85. The van der Waals surface area contributed by atoms with Crippen LogP contribution in [0.1, 0.15) is 23.7 Å². The molecule has 0 aromatic heterocycles. The van der Waals surface area contributed by atoms with Crippen LogP contribution in [0.25, 0.3) is 0 Å². The zero-order chi connectivity index (χ0) is 12.8. The second-order valence-electron chi connectivity index (χ2n) is 3.83. The van der Waals surface area contributed by atoms with Crippen LogP contribution in [0.3, 0.4) is 0 Å². The molecule has 1 unspecified atom stereocenters. The van der Waals surface area contributed by atoms with Crippen molar-refractivity contribution in [2.75, 3.05) is 18.5 Å². The topological polar surface area (TPSA) is 55.1 Å². The maximum atomic E-state index is 11.8. The lowest BCUT2D eigenvalue weighted by atomic mass is 10.2. The standard InChI is InChI=1S/C12H17BrN2OS/c1-8(17-2)5-6-15-12(16)9-3-4-11(14)10(13)7-9/h3-4,7-8H,5-6,14H2,1-2H3,(H,15,16). The smallest absolute Gasteiger partial charge is 0.251 e. The molecule has 1 aromatic rings. The Labute approximate surface area is 115 Å². The lowest BCUT2D eigenvalue weighted by Gasteiger charge is -2.09. The Hall–Kier alpha value is -0.680. The molecule has 0 radical (unpaired) electrons. The molecule has 0 aliphatic carbocycles. The van der Waals surface area contributed by atoms with Crippen LogP contribution >= 0.6 is 27.7 Å². The summed E-state index contributed by atoms with van der Waals surface area (Å²) in [4.78, 5) is 11.8. The minimum atomic E-state index is -0.0565. The molecule has 3 N–H and O–H groups in total. The summed E-state index contributed by atoms with van der Waals surface area (Å²) in [6.45, 7) is 2.85. The van der Waals surface area contributed by atoms with Crippen LogP contribution in [-0.2, 0) is 0 Å². The van der Waals surface area contributed by atoms with Crippen molar-refractivity contribution in [1.29, 1.82) is 0 Å². The predicted octanol–water partition coefficient (Wildman–Crippen LogP) is 2.90. The van der Waals surface area contributed by atoms with Crippen LogP contribution < -0.4 is 11.1 Å². The number of hydrogen-bond donors (Lipinski definition) is 2. The fourth-order valence-electron chi connectivity index (χ4n) is 1.28. The highest BCUT2D eigenvalue weighted by Gasteiger charge is 2.07. The Balaban J connectivity index is 2.50. The van der Waals surface area contributed by atoms with Gasteiger partial charge in [0.25, 0.3) is 5.91 Å². The molecule has 5 heteroatoms. The number of benzene rings is 1. The molecule has 1 aromatic carbocycles. The average Bonchev–Trinajstić information content (AvgIpc) is 2.32.